The van der Waals surface area contributed by atoms with Crippen molar-refractivity contribution in [2.75, 3.05) is 4.90 Å². The topological polar surface area (TPSA) is 79.5 Å². The second kappa shape index (κ2) is 9.52. The smallest absolute Gasteiger partial charge is 0.305 e. The van der Waals surface area contributed by atoms with Crippen molar-refractivity contribution >= 4 is 52.2 Å². The van der Waals surface area contributed by atoms with Gasteiger partial charge in [0.15, 0.2) is 0 Å². The molecule has 3 atom stereocenters. The molecule has 0 saturated carbocycles. The van der Waals surface area contributed by atoms with Crippen LogP contribution in [-0.2, 0) is 16.2 Å². The third kappa shape index (κ3) is 4.29. The zero-order chi connectivity index (χ0) is 25.7. The molecule has 2 aliphatic rings. The summed E-state index contributed by atoms with van der Waals surface area (Å²) in [5, 5.41) is 0.412. The Bertz CT molecular complexity index is 1570. The number of hydrogen-bond acceptors (Lipinski definition) is 6. The molecule has 37 heavy (non-hydrogen) atoms. The maximum atomic E-state index is 13.9. The molecule has 3 heterocycles. The van der Waals surface area contributed by atoms with Gasteiger partial charge in [-0.1, -0.05) is 82.7 Å². The summed E-state index contributed by atoms with van der Waals surface area (Å²) < 4.78 is 6.26. The summed E-state index contributed by atoms with van der Waals surface area (Å²) in [5.74, 6) is -1.31. The van der Waals surface area contributed by atoms with Crippen LogP contribution in [0.5, 0.6) is 5.75 Å². The first kappa shape index (κ1) is 24.0. The summed E-state index contributed by atoms with van der Waals surface area (Å²) in [6.45, 7) is 2.35. The molecule has 0 spiro atoms. The van der Waals surface area contributed by atoms with E-state index in [1.165, 1.54) is 16.7 Å². The molecular formula is C28H21ClN2O4S2. The number of H-pyrrole nitrogens is 1. The number of imide groups is 1. The summed E-state index contributed by atoms with van der Waals surface area (Å²) in [4.78, 5) is 44.5. The van der Waals surface area contributed by atoms with Crippen molar-refractivity contribution < 1.29 is 14.3 Å². The Labute approximate surface area is 226 Å². The lowest BCUT2D eigenvalue weighted by Crippen LogP contribution is -2.32. The van der Waals surface area contributed by atoms with E-state index >= 15 is 0 Å². The highest BCUT2D eigenvalue weighted by Gasteiger charge is 2.56. The minimum Gasteiger partial charge on any atom is -0.489 e. The molecule has 1 fully saturated rings. The molecule has 0 radical (unpaired) electrons. The molecule has 3 aromatic carbocycles. The molecule has 4 aromatic rings. The van der Waals surface area contributed by atoms with Gasteiger partial charge in [0.25, 0.3) is 0 Å². The van der Waals surface area contributed by atoms with Gasteiger partial charge in [0, 0.05) is 21.4 Å². The van der Waals surface area contributed by atoms with Crippen molar-refractivity contribution in [2.45, 2.75) is 29.7 Å². The number of carbonyl (C=O) groups excluding carboxylic acids is 2. The number of aromatic amines is 1. The van der Waals surface area contributed by atoms with Gasteiger partial charge >= 0.3 is 4.87 Å². The molecule has 6 rings (SSSR count). The Kier molecular flexibility index (Phi) is 6.18. The maximum Gasteiger partial charge on any atom is 0.305 e. The summed E-state index contributed by atoms with van der Waals surface area (Å²) in [7, 11) is 0. The molecule has 2 aliphatic heterocycles. The van der Waals surface area contributed by atoms with Crippen LogP contribution in [0.4, 0.5) is 5.69 Å². The van der Waals surface area contributed by atoms with Crippen LogP contribution in [0.25, 0.3) is 0 Å². The maximum absolute atomic E-state index is 13.9. The minimum atomic E-state index is -0.711. The standard InChI is InChI=1S/C28H21ClN2O4S2/c1-15-7-9-16(10-8-15)14-35-20-12-11-17(29)13-19(20)21-22-24(36-25-23(21)37-28(34)30-25)27(33)31(26(22)32)18-5-3-2-4-6-18/h2-13,21-22,24H,14H2,1H3,(H,30,34)/t21-,22-,24+/m0/s1. The van der Waals surface area contributed by atoms with Crippen molar-refractivity contribution in [1.82, 2.24) is 4.98 Å². The predicted molar refractivity (Wildman–Crippen MR) is 146 cm³/mol. The molecule has 0 unspecified atom stereocenters. The van der Waals surface area contributed by atoms with Gasteiger partial charge in [0.1, 0.15) is 17.6 Å². The molecule has 1 aromatic heterocycles. The van der Waals surface area contributed by atoms with Crippen molar-refractivity contribution in [2.24, 2.45) is 5.92 Å². The summed E-state index contributed by atoms with van der Waals surface area (Å²) >= 11 is 8.75. The van der Waals surface area contributed by atoms with Gasteiger partial charge in [-0.15, -0.1) is 0 Å². The lowest BCUT2D eigenvalue weighted by Gasteiger charge is -2.31. The zero-order valence-corrected chi connectivity index (χ0v) is 22.0. The Hall–Kier alpha value is -3.33. The van der Waals surface area contributed by atoms with E-state index in [9.17, 15) is 14.4 Å². The number of aromatic nitrogens is 1. The number of hydrogen-bond donors (Lipinski definition) is 1. The van der Waals surface area contributed by atoms with Crippen molar-refractivity contribution in [3.8, 4) is 5.75 Å². The van der Waals surface area contributed by atoms with E-state index in [0.717, 1.165) is 27.3 Å². The van der Waals surface area contributed by atoms with Crippen LogP contribution in [0.15, 0.2) is 82.6 Å². The Morgan fingerprint density at radius 3 is 2.49 bits per heavy atom. The fourth-order valence-electron chi connectivity index (χ4n) is 4.92. The van der Waals surface area contributed by atoms with E-state index in [1.807, 2.05) is 37.3 Å². The SMILES string of the molecule is Cc1ccc(COc2ccc(Cl)cc2[C@@H]2c3sc(=O)[nH]c3S[C@H]3C(=O)N(c4ccccc4)C(=O)[C@@H]23)cc1. The van der Waals surface area contributed by atoms with Crippen LogP contribution >= 0.6 is 34.7 Å². The van der Waals surface area contributed by atoms with Crippen LogP contribution in [0, 0.1) is 12.8 Å². The number of thioether (sulfide) groups is 1. The van der Waals surface area contributed by atoms with E-state index in [0.29, 0.717) is 33.7 Å². The van der Waals surface area contributed by atoms with Gasteiger partial charge in [-0.2, -0.15) is 0 Å². The highest BCUT2D eigenvalue weighted by atomic mass is 35.5. The fourth-order valence-corrected chi connectivity index (χ4v) is 7.61. The van der Waals surface area contributed by atoms with Crippen LogP contribution in [0.1, 0.15) is 27.5 Å². The third-order valence-electron chi connectivity index (χ3n) is 6.66. The van der Waals surface area contributed by atoms with E-state index in [4.69, 9.17) is 16.3 Å². The van der Waals surface area contributed by atoms with Crippen molar-refractivity contribution in [1.29, 1.82) is 0 Å². The Morgan fingerprint density at radius 2 is 1.73 bits per heavy atom. The van der Waals surface area contributed by atoms with Crippen LogP contribution in [-0.4, -0.2) is 22.0 Å². The number of nitrogens with zero attached hydrogens (tertiary/aromatic N) is 1. The minimum absolute atomic E-state index is 0.230. The molecule has 1 N–H and O–H groups in total. The number of para-hydroxylation sites is 1. The number of carbonyl (C=O) groups is 2. The second-order valence-electron chi connectivity index (χ2n) is 9.05. The number of ether oxygens (including phenoxy) is 1. The quantitative estimate of drug-likeness (QED) is 0.320. The lowest BCUT2D eigenvalue weighted by molar-refractivity contribution is -0.122. The number of benzene rings is 3. The first-order valence-electron chi connectivity index (χ1n) is 11.7. The molecular weight excluding hydrogens is 528 g/mol. The molecule has 2 amide bonds. The van der Waals surface area contributed by atoms with Crippen LogP contribution < -0.4 is 14.5 Å². The summed E-state index contributed by atoms with van der Waals surface area (Å²) in [6, 6.07) is 22.3. The first-order chi connectivity index (χ1) is 17.9. The van der Waals surface area contributed by atoms with Crippen molar-refractivity contribution in [3.05, 3.63) is 109 Å². The number of halogens is 1. The van der Waals surface area contributed by atoms with Gasteiger partial charge in [-0.25, -0.2) is 4.90 Å². The van der Waals surface area contributed by atoms with E-state index in [2.05, 4.69) is 4.98 Å². The third-order valence-corrected chi connectivity index (χ3v) is 9.30. The first-order valence-corrected chi connectivity index (χ1v) is 13.8. The number of fused-ring (bicyclic) bond motifs is 2. The number of nitrogens with one attached hydrogen (secondary N) is 1. The monoisotopic (exact) mass is 548 g/mol. The molecule has 0 bridgehead atoms. The van der Waals surface area contributed by atoms with Gasteiger partial charge in [-0.3, -0.25) is 14.4 Å². The van der Waals surface area contributed by atoms with Crippen molar-refractivity contribution in [3.63, 3.8) is 0 Å². The van der Waals surface area contributed by atoms with Crippen LogP contribution in [0.2, 0.25) is 5.02 Å². The fraction of sp³-hybridized carbons (Fsp3) is 0.179. The van der Waals surface area contributed by atoms with Gasteiger partial charge in [0.05, 0.1) is 16.6 Å². The molecule has 6 nitrogen and oxygen atoms in total. The Balaban J connectivity index is 1.44. The Morgan fingerprint density at radius 1 is 0.973 bits per heavy atom. The van der Waals surface area contributed by atoms with E-state index < -0.39 is 17.1 Å². The number of amides is 2. The highest BCUT2D eigenvalue weighted by Crippen LogP contribution is 2.54. The average molecular weight is 549 g/mol. The second-order valence-corrected chi connectivity index (χ2v) is 11.7. The predicted octanol–water partition coefficient (Wildman–Crippen LogP) is 5.77. The summed E-state index contributed by atoms with van der Waals surface area (Å²) in [5.41, 5.74) is 3.37. The average Bonchev–Trinajstić information content (AvgIpc) is 3.39. The zero-order valence-electron chi connectivity index (χ0n) is 19.6. The number of rotatable bonds is 5. The van der Waals surface area contributed by atoms with E-state index in [1.54, 1.807) is 42.5 Å². The highest BCUT2D eigenvalue weighted by molar-refractivity contribution is 8.00. The largest absolute Gasteiger partial charge is 0.489 e. The summed E-state index contributed by atoms with van der Waals surface area (Å²) in [6.07, 6.45) is 0. The lowest BCUT2D eigenvalue weighted by atomic mass is 9.82. The van der Waals surface area contributed by atoms with E-state index in [-0.39, 0.29) is 16.7 Å². The molecule has 0 aliphatic carbocycles. The molecule has 1 saturated heterocycles. The normalized spacial score (nSPS) is 20.6. The molecule has 9 heteroatoms. The van der Waals surface area contributed by atoms with Gasteiger partial charge in [0.2, 0.25) is 11.8 Å². The van der Waals surface area contributed by atoms with Crippen LogP contribution in [0.3, 0.4) is 0 Å². The molecule has 186 valence electrons. The van der Waals surface area contributed by atoms with Gasteiger partial charge < -0.3 is 9.72 Å². The number of anilines is 1. The van der Waals surface area contributed by atoms with Gasteiger partial charge in [-0.05, 0) is 42.8 Å². The number of thiazole rings is 1. The number of aryl methyl sites for hydroxylation is 1.